The van der Waals surface area contributed by atoms with Crippen LogP contribution in [0.25, 0.3) is 0 Å². The molecule has 1 aromatic heterocycles. The summed E-state index contributed by atoms with van der Waals surface area (Å²) in [7, 11) is 0. The van der Waals surface area contributed by atoms with E-state index in [0.717, 1.165) is 12.6 Å². The van der Waals surface area contributed by atoms with Crippen molar-refractivity contribution in [3.63, 3.8) is 0 Å². The Balaban J connectivity index is 0.00000144. The molecule has 0 unspecified atom stereocenters. The Kier molecular flexibility index (Phi) is 7.12. The molecule has 1 aromatic rings. The zero-order valence-corrected chi connectivity index (χ0v) is 12.2. The molecule has 0 bridgehead atoms. The highest BCUT2D eigenvalue weighted by Gasteiger charge is 2.20. The molecule has 2 rings (SSSR count). The zero-order valence-electron chi connectivity index (χ0n) is 10.5. The summed E-state index contributed by atoms with van der Waals surface area (Å²) >= 11 is 1.88. The van der Waals surface area contributed by atoms with Crippen molar-refractivity contribution in [1.29, 1.82) is 0 Å². The number of halogens is 1. The van der Waals surface area contributed by atoms with Crippen molar-refractivity contribution >= 4 is 23.7 Å². The average Bonchev–Trinajstić information content (AvgIpc) is 2.83. The Morgan fingerprint density at radius 3 is 2.76 bits per heavy atom. The predicted molar refractivity (Wildman–Crippen MR) is 78.2 cm³/mol. The Hall–Kier alpha value is -0.0900. The van der Waals surface area contributed by atoms with E-state index in [2.05, 4.69) is 34.7 Å². The van der Waals surface area contributed by atoms with Gasteiger partial charge in [-0.25, -0.2) is 0 Å². The number of nitrogens with zero attached hydrogens (tertiary/aromatic N) is 1. The maximum atomic E-state index is 3.45. The van der Waals surface area contributed by atoms with Crippen molar-refractivity contribution < 1.29 is 0 Å². The molecule has 0 saturated carbocycles. The summed E-state index contributed by atoms with van der Waals surface area (Å²) < 4.78 is 0. The molecule has 1 N–H and O–H groups in total. The fraction of sp³-hybridized carbons (Fsp3) is 0.692. The summed E-state index contributed by atoms with van der Waals surface area (Å²) in [6, 6.07) is 5.21. The average molecular weight is 275 g/mol. The van der Waals surface area contributed by atoms with Crippen LogP contribution in [0.15, 0.2) is 17.5 Å². The number of thiophene rings is 1. The van der Waals surface area contributed by atoms with E-state index in [9.17, 15) is 0 Å². The molecular formula is C13H23ClN2S. The molecule has 0 aromatic carbocycles. The van der Waals surface area contributed by atoms with Gasteiger partial charge in [-0.05, 0) is 50.3 Å². The number of rotatable bonds is 5. The van der Waals surface area contributed by atoms with E-state index >= 15 is 0 Å². The van der Waals surface area contributed by atoms with Gasteiger partial charge in [0.25, 0.3) is 0 Å². The lowest BCUT2D eigenvalue weighted by Gasteiger charge is -2.34. The Bertz CT molecular complexity index is 284. The maximum Gasteiger partial charge on any atom is 0.0330 e. The van der Waals surface area contributed by atoms with E-state index in [1.54, 1.807) is 0 Å². The van der Waals surface area contributed by atoms with Crippen molar-refractivity contribution in [2.24, 2.45) is 0 Å². The van der Waals surface area contributed by atoms with Gasteiger partial charge in [-0.2, -0.15) is 0 Å². The zero-order chi connectivity index (χ0) is 11.2. The summed E-state index contributed by atoms with van der Waals surface area (Å²) in [4.78, 5) is 4.18. The molecule has 0 amide bonds. The van der Waals surface area contributed by atoms with Crippen molar-refractivity contribution in [2.45, 2.75) is 38.8 Å². The van der Waals surface area contributed by atoms with E-state index in [1.165, 1.54) is 43.8 Å². The molecule has 1 aliphatic rings. The van der Waals surface area contributed by atoms with E-state index in [1.807, 2.05) is 11.3 Å². The van der Waals surface area contributed by atoms with Gasteiger partial charge < -0.3 is 5.32 Å². The fourth-order valence-electron chi connectivity index (χ4n) is 2.45. The third-order valence-electron chi connectivity index (χ3n) is 3.27. The van der Waals surface area contributed by atoms with E-state index in [0.29, 0.717) is 0 Å². The minimum absolute atomic E-state index is 0. The van der Waals surface area contributed by atoms with Crippen molar-refractivity contribution in [3.05, 3.63) is 22.4 Å². The summed E-state index contributed by atoms with van der Waals surface area (Å²) in [6.45, 7) is 7.05. The van der Waals surface area contributed by atoms with Gasteiger partial charge in [0.1, 0.15) is 0 Å². The lowest BCUT2D eigenvalue weighted by molar-refractivity contribution is 0.155. The highest BCUT2D eigenvalue weighted by Crippen LogP contribution is 2.18. The minimum Gasteiger partial charge on any atom is -0.317 e. The lowest BCUT2D eigenvalue weighted by atomic mass is 10.0. The summed E-state index contributed by atoms with van der Waals surface area (Å²) in [6.07, 6.45) is 3.88. The molecule has 17 heavy (non-hydrogen) atoms. The van der Waals surface area contributed by atoms with Crippen LogP contribution >= 0.6 is 23.7 Å². The first-order valence-corrected chi connectivity index (χ1v) is 7.25. The molecule has 0 spiro atoms. The Morgan fingerprint density at radius 1 is 1.41 bits per heavy atom. The second kappa shape index (κ2) is 8.09. The SMILES string of the molecule is CCCN(Cc1cccs1)C1CCNCC1.Cl. The van der Waals surface area contributed by atoms with Crippen LogP contribution in [0.1, 0.15) is 31.1 Å². The van der Waals surface area contributed by atoms with Gasteiger partial charge in [0.2, 0.25) is 0 Å². The Labute approximate surface area is 115 Å². The molecule has 2 heterocycles. The summed E-state index contributed by atoms with van der Waals surface area (Å²) in [5, 5.41) is 5.63. The van der Waals surface area contributed by atoms with Crippen LogP contribution < -0.4 is 5.32 Å². The highest BCUT2D eigenvalue weighted by atomic mass is 35.5. The van der Waals surface area contributed by atoms with Crippen LogP contribution in [0, 0.1) is 0 Å². The molecule has 4 heteroatoms. The standard InChI is InChI=1S/C13H22N2S.ClH/c1-2-9-15(11-13-4-3-10-16-13)12-5-7-14-8-6-12;/h3-4,10,12,14H,2,5-9,11H2,1H3;1H. The summed E-state index contributed by atoms with van der Waals surface area (Å²) in [5.41, 5.74) is 0. The molecular weight excluding hydrogens is 252 g/mol. The molecule has 98 valence electrons. The molecule has 2 nitrogen and oxygen atoms in total. The topological polar surface area (TPSA) is 15.3 Å². The quantitative estimate of drug-likeness (QED) is 0.888. The van der Waals surface area contributed by atoms with Crippen LogP contribution in [-0.2, 0) is 6.54 Å². The highest BCUT2D eigenvalue weighted by molar-refractivity contribution is 7.09. The first kappa shape index (κ1) is 15.0. The number of hydrogen-bond donors (Lipinski definition) is 1. The predicted octanol–water partition coefficient (Wildman–Crippen LogP) is 3.13. The van der Waals surface area contributed by atoms with Gasteiger partial charge in [0.05, 0.1) is 0 Å². The van der Waals surface area contributed by atoms with E-state index in [-0.39, 0.29) is 12.4 Å². The van der Waals surface area contributed by atoms with Crippen LogP contribution in [0.2, 0.25) is 0 Å². The van der Waals surface area contributed by atoms with Gasteiger partial charge in [-0.15, -0.1) is 23.7 Å². The first-order chi connectivity index (χ1) is 7.90. The fourth-order valence-corrected chi connectivity index (χ4v) is 3.18. The molecule has 0 aliphatic carbocycles. The van der Waals surface area contributed by atoms with Gasteiger partial charge >= 0.3 is 0 Å². The Morgan fingerprint density at radius 2 is 2.18 bits per heavy atom. The monoisotopic (exact) mass is 274 g/mol. The summed E-state index contributed by atoms with van der Waals surface area (Å²) in [5.74, 6) is 0. The third kappa shape index (κ3) is 4.59. The minimum atomic E-state index is 0. The largest absolute Gasteiger partial charge is 0.317 e. The third-order valence-corrected chi connectivity index (χ3v) is 4.14. The number of piperidine rings is 1. The van der Waals surface area contributed by atoms with Crippen LogP contribution in [0.4, 0.5) is 0 Å². The van der Waals surface area contributed by atoms with Gasteiger partial charge in [-0.3, -0.25) is 4.90 Å². The van der Waals surface area contributed by atoms with Gasteiger partial charge in [0, 0.05) is 17.5 Å². The van der Waals surface area contributed by atoms with Crippen molar-refractivity contribution in [3.8, 4) is 0 Å². The van der Waals surface area contributed by atoms with Crippen LogP contribution in [0.3, 0.4) is 0 Å². The van der Waals surface area contributed by atoms with Crippen molar-refractivity contribution in [2.75, 3.05) is 19.6 Å². The molecule has 1 aliphatic heterocycles. The number of hydrogen-bond acceptors (Lipinski definition) is 3. The maximum absolute atomic E-state index is 3.45. The van der Waals surface area contributed by atoms with Crippen LogP contribution in [-0.4, -0.2) is 30.6 Å². The molecule has 0 radical (unpaired) electrons. The second-order valence-corrected chi connectivity index (χ2v) is 5.56. The van der Waals surface area contributed by atoms with Crippen molar-refractivity contribution in [1.82, 2.24) is 10.2 Å². The lowest BCUT2D eigenvalue weighted by Crippen LogP contribution is -2.42. The second-order valence-electron chi connectivity index (χ2n) is 4.53. The first-order valence-electron chi connectivity index (χ1n) is 6.37. The molecule has 1 fully saturated rings. The normalized spacial score (nSPS) is 17.1. The molecule has 1 saturated heterocycles. The smallest absolute Gasteiger partial charge is 0.0330 e. The van der Waals surface area contributed by atoms with Gasteiger partial charge in [0.15, 0.2) is 0 Å². The number of nitrogens with one attached hydrogen (secondary N) is 1. The van der Waals surface area contributed by atoms with Crippen LogP contribution in [0.5, 0.6) is 0 Å². The molecule has 0 atom stereocenters. The van der Waals surface area contributed by atoms with E-state index < -0.39 is 0 Å². The van der Waals surface area contributed by atoms with E-state index in [4.69, 9.17) is 0 Å². The van der Waals surface area contributed by atoms with Gasteiger partial charge in [-0.1, -0.05) is 13.0 Å².